The van der Waals surface area contributed by atoms with Gasteiger partial charge in [-0.2, -0.15) is 0 Å². The minimum absolute atomic E-state index is 0.0904. The third kappa shape index (κ3) is 5.92. The quantitative estimate of drug-likeness (QED) is 0.352. The van der Waals surface area contributed by atoms with Crippen LogP contribution in [0.15, 0.2) is 53.4 Å². The number of esters is 1. The summed E-state index contributed by atoms with van der Waals surface area (Å²) >= 11 is 1.31. The predicted octanol–water partition coefficient (Wildman–Crippen LogP) is 3.18. The van der Waals surface area contributed by atoms with Crippen molar-refractivity contribution < 1.29 is 19.2 Å². The van der Waals surface area contributed by atoms with Crippen molar-refractivity contribution in [2.45, 2.75) is 11.8 Å². The summed E-state index contributed by atoms with van der Waals surface area (Å²) < 4.78 is 4.91. The Morgan fingerprint density at radius 1 is 1.20 bits per heavy atom. The van der Waals surface area contributed by atoms with Gasteiger partial charge >= 0.3 is 5.97 Å². The van der Waals surface area contributed by atoms with Crippen LogP contribution in [0.5, 0.6) is 0 Å². The highest BCUT2D eigenvalue weighted by molar-refractivity contribution is 8.00. The summed E-state index contributed by atoms with van der Waals surface area (Å²) in [4.78, 5) is 34.7. The molecule has 0 aliphatic carbocycles. The average molecular weight is 360 g/mol. The number of thioether (sulfide) groups is 1. The highest BCUT2D eigenvalue weighted by atomic mass is 32.2. The van der Waals surface area contributed by atoms with Gasteiger partial charge in [-0.3, -0.25) is 19.7 Å². The molecule has 130 valence electrons. The molecule has 2 aromatic carbocycles. The zero-order chi connectivity index (χ0) is 18.2. The van der Waals surface area contributed by atoms with Gasteiger partial charge in [0.25, 0.3) is 11.6 Å². The molecule has 0 bridgehead atoms. The topological polar surface area (TPSA) is 98.5 Å². The Labute approximate surface area is 148 Å². The summed E-state index contributed by atoms with van der Waals surface area (Å²) in [6, 6.07) is 13.5. The van der Waals surface area contributed by atoms with Crippen LogP contribution < -0.4 is 5.32 Å². The molecular formula is C17H16N2O5S. The number of carbonyl (C=O) groups excluding carboxylic acids is 2. The minimum atomic E-state index is -0.554. The summed E-state index contributed by atoms with van der Waals surface area (Å²) in [5, 5.41) is 13.3. The van der Waals surface area contributed by atoms with Gasteiger partial charge in [0.2, 0.25) is 0 Å². The number of anilines is 1. The summed E-state index contributed by atoms with van der Waals surface area (Å²) in [5.74, 6) is -0.978. The standard InChI is InChI=1S/C17H16N2O5S/c1-12-7-8-13(19(22)23)9-15(12)18-16(20)10-24-17(21)11-25-14-5-3-2-4-6-14/h2-9H,10-11H2,1H3,(H,18,20). The number of nitro groups is 1. The van der Waals surface area contributed by atoms with Gasteiger partial charge in [0.15, 0.2) is 6.61 Å². The van der Waals surface area contributed by atoms with Crippen molar-refractivity contribution >= 4 is 35.0 Å². The number of benzene rings is 2. The zero-order valence-electron chi connectivity index (χ0n) is 13.4. The Morgan fingerprint density at radius 2 is 1.92 bits per heavy atom. The van der Waals surface area contributed by atoms with E-state index in [1.165, 1.54) is 30.0 Å². The summed E-state index contributed by atoms with van der Waals surface area (Å²) in [7, 11) is 0. The van der Waals surface area contributed by atoms with E-state index in [9.17, 15) is 19.7 Å². The number of ether oxygens (including phenoxy) is 1. The molecule has 0 aromatic heterocycles. The van der Waals surface area contributed by atoms with Crippen LogP contribution in [-0.2, 0) is 14.3 Å². The number of aryl methyl sites for hydroxylation is 1. The Kier molecular flexibility index (Phi) is 6.53. The van der Waals surface area contributed by atoms with Gasteiger partial charge < -0.3 is 10.1 Å². The maximum absolute atomic E-state index is 11.9. The number of nitrogens with zero attached hydrogens (tertiary/aromatic N) is 1. The summed E-state index contributed by atoms with van der Waals surface area (Å²) in [6.07, 6.45) is 0. The molecule has 0 spiro atoms. The van der Waals surface area contributed by atoms with E-state index in [-0.39, 0.29) is 11.4 Å². The zero-order valence-corrected chi connectivity index (χ0v) is 14.2. The number of carbonyl (C=O) groups is 2. The van der Waals surface area contributed by atoms with Crippen molar-refractivity contribution in [2.75, 3.05) is 17.7 Å². The highest BCUT2D eigenvalue weighted by Gasteiger charge is 2.13. The minimum Gasteiger partial charge on any atom is -0.455 e. The van der Waals surface area contributed by atoms with Crippen LogP contribution in [0.4, 0.5) is 11.4 Å². The lowest BCUT2D eigenvalue weighted by atomic mass is 10.2. The van der Waals surface area contributed by atoms with E-state index in [2.05, 4.69) is 5.32 Å². The van der Waals surface area contributed by atoms with Crippen molar-refractivity contribution in [1.82, 2.24) is 0 Å². The lowest BCUT2D eigenvalue weighted by Crippen LogP contribution is -2.22. The molecule has 0 heterocycles. The first-order valence-electron chi connectivity index (χ1n) is 7.34. The molecule has 1 amide bonds. The molecule has 0 unspecified atom stereocenters. The number of nitrogens with one attached hydrogen (secondary N) is 1. The number of hydrogen-bond acceptors (Lipinski definition) is 6. The molecule has 0 aliphatic heterocycles. The van der Waals surface area contributed by atoms with Crippen molar-refractivity contribution in [3.05, 3.63) is 64.2 Å². The van der Waals surface area contributed by atoms with Gasteiger partial charge in [-0.1, -0.05) is 24.3 Å². The molecule has 2 aromatic rings. The van der Waals surface area contributed by atoms with Crippen molar-refractivity contribution in [2.24, 2.45) is 0 Å². The fourth-order valence-corrected chi connectivity index (χ4v) is 2.61. The van der Waals surface area contributed by atoms with Crippen LogP contribution in [0, 0.1) is 17.0 Å². The van der Waals surface area contributed by atoms with E-state index >= 15 is 0 Å². The van der Waals surface area contributed by atoms with Gasteiger partial charge in [-0.05, 0) is 24.6 Å². The molecule has 25 heavy (non-hydrogen) atoms. The van der Waals surface area contributed by atoms with Gasteiger partial charge in [0.05, 0.1) is 16.4 Å². The van der Waals surface area contributed by atoms with Crippen LogP contribution in [0.2, 0.25) is 0 Å². The summed E-state index contributed by atoms with van der Waals surface area (Å²) in [5.41, 5.74) is 0.857. The third-order valence-corrected chi connectivity index (χ3v) is 4.16. The van der Waals surface area contributed by atoms with Crippen LogP contribution in [0.1, 0.15) is 5.56 Å². The third-order valence-electron chi connectivity index (χ3n) is 3.17. The molecule has 0 atom stereocenters. The smallest absolute Gasteiger partial charge is 0.316 e. The van der Waals surface area contributed by atoms with E-state index in [1.54, 1.807) is 6.92 Å². The maximum atomic E-state index is 11.9. The first kappa shape index (κ1) is 18.5. The van der Waals surface area contributed by atoms with Crippen molar-refractivity contribution in [3.8, 4) is 0 Å². The average Bonchev–Trinajstić information content (AvgIpc) is 2.60. The number of amides is 1. The molecule has 0 radical (unpaired) electrons. The van der Waals surface area contributed by atoms with Crippen LogP contribution in [-0.4, -0.2) is 29.2 Å². The Bertz CT molecular complexity index is 780. The SMILES string of the molecule is Cc1ccc([N+](=O)[O-])cc1NC(=O)COC(=O)CSc1ccccc1. The molecule has 1 N–H and O–H groups in total. The molecule has 0 saturated carbocycles. The molecular weight excluding hydrogens is 344 g/mol. The van der Waals surface area contributed by atoms with Gasteiger partial charge in [0.1, 0.15) is 0 Å². The monoisotopic (exact) mass is 360 g/mol. The van der Waals surface area contributed by atoms with Crippen molar-refractivity contribution in [3.63, 3.8) is 0 Å². The first-order valence-corrected chi connectivity index (χ1v) is 8.32. The van der Waals surface area contributed by atoms with Gasteiger partial charge in [0, 0.05) is 17.0 Å². The predicted molar refractivity (Wildman–Crippen MR) is 94.6 cm³/mol. The Morgan fingerprint density at radius 3 is 2.60 bits per heavy atom. The second kappa shape index (κ2) is 8.84. The fraction of sp³-hybridized carbons (Fsp3) is 0.176. The maximum Gasteiger partial charge on any atom is 0.316 e. The Balaban J connectivity index is 1.81. The van der Waals surface area contributed by atoms with Gasteiger partial charge in [-0.15, -0.1) is 11.8 Å². The van der Waals surface area contributed by atoms with Crippen LogP contribution in [0.3, 0.4) is 0 Å². The van der Waals surface area contributed by atoms with Crippen LogP contribution in [0.25, 0.3) is 0 Å². The molecule has 0 aliphatic rings. The second-order valence-electron chi connectivity index (χ2n) is 5.07. The molecule has 2 rings (SSSR count). The normalized spacial score (nSPS) is 10.1. The van der Waals surface area contributed by atoms with Gasteiger partial charge in [-0.25, -0.2) is 0 Å². The van der Waals surface area contributed by atoms with Crippen molar-refractivity contribution in [1.29, 1.82) is 0 Å². The first-order chi connectivity index (χ1) is 12.0. The number of nitro benzene ring substituents is 1. The molecule has 8 heteroatoms. The lowest BCUT2D eigenvalue weighted by Gasteiger charge is -2.09. The number of non-ortho nitro benzene ring substituents is 1. The van der Waals surface area contributed by atoms with E-state index in [1.807, 2.05) is 30.3 Å². The second-order valence-corrected chi connectivity index (χ2v) is 6.12. The lowest BCUT2D eigenvalue weighted by molar-refractivity contribution is -0.384. The van der Waals surface area contributed by atoms with E-state index in [0.717, 1.165) is 4.90 Å². The highest BCUT2D eigenvalue weighted by Crippen LogP contribution is 2.21. The molecule has 7 nitrogen and oxygen atoms in total. The van der Waals surface area contributed by atoms with E-state index in [4.69, 9.17) is 4.74 Å². The molecule has 0 saturated heterocycles. The van der Waals surface area contributed by atoms with Crippen LogP contribution >= 0.6 is 11.8 Å². The summed E-state index contributed by atoms with van der Waals surface area (Å²) in [6.45, 7) is 1.26. The Hall–Kier alpha value is -2.87. The molecule has 0 fully saturated rings. The largest absolute Gasteiger partial charge is 0.455 e. The fourth-order valence-electron chi connectivity index (χ4n) is 1.89. The number of rotatable bonds is 7. The van der Waals surface area contributed by atoms with E-state index in [0.29, 0.717) is 11.3 Å². The number of hydrogen-bond donors (Lipinski definition) is 1. The van der Waals surface area contributed by atoms with E-state index < -0.39 is 23.4 Å².